The Balaban J connectivity index is 1.53. The maximum Gasteiger partial charge on any atom is 0.0399 e. The van der Waals surface area contributed by atoms with Crippen molar-refractivity contribution in [3.8, 4) is 0 Å². The monoisotopic (exact) mass is 287 g/mol. The van der Waals surface area contributed by atoms with Gasteiger partial charge < -0.3 is 10.2 Å². The van der Waals surface area contributed by atoms with Gasteiger partial charge in [-0.2, -0.15) is 0 Å². The van der Waals surface area contributed by atoms with Crippen LogP contribution in [0.25, 0.3) is 0 Å². The molecule has 1 unspecified atom stereocenters. The topological polar surface area (TPSA) is 18.5 Å². The standard InChI is InChI=1S/C18H29N3/c1-15-6-5-8-18(16(15)2)21-12-10-20(11-13-21)14-17-7-3-4-9-19-17/h5-6,8,17,19H,3-4,7,9-14H2,1-2H3. The van der Waals surface area contributed by atoms with Gasteiger partial charge in [-0.05, 0) is 50.4 Å². The summed E-state index contributed by atoms with van der Waals surface area (Å²) in [4.78, 5) is 5.21. The lowest BCUT2D eigenvalue weighted by Crippen LogP contribution is -2.51. The number of benzene rings is 1. The van der Waals surface area contributed by atoms with Crippen molar-refractivity contribution >= 4 is 5.69 Å². The van der Waals surface area contributed by atoms with Crippen LogP contribution >= 0.6 is 0 Å². The molecule has 1 aromatic rings. The molecule has 3 nitrogen and oxygen atoms in total. The van der Waals surface area contributed by atoms with Crippen LogP contribution in [0.15, 0.2) is 18.2 Å². The molecule has 2 aliphatic rings. The fourth-order valence-electron chi connectivity index (χ4n) is 3.64. The Labute approximate surface area is 129 Å². The SMILES string of the molecule is Cc1cccc(N2CCN(CC3CCCCN3)CC2)c1C. The second kappa shape index (κ2) is 6.80. The third-order valence-corrected chi connectivity index (χ3v) is 5.18. The summed E-state index contributed by atoms with van der Waals surface area (Å²) in [5, 5.41) is 3.67. The molecule has 2 saturated heterocycles. The van der Waals surface area contributed by atoms with E-state index in [2.05, 4.69) is 47.2 Å². The average Bonchev–Trinajstić information content (AvgIpc) is 2.52. The van der Waals surface area contributed by atoms with Gasteiger partial charge in [0.1, 0.15) is 0 Å². The predicted octanol–water partition coefficient (Wildman–Crippen LogP) is 2.57. The lowest BCUT2D eigenvalue weighted by Gasteiger charge is -2.39. The zero-order valence-corrected chi connectivity index (χ0v) is 13.6. The molecule has 0 aliphatic carbocycles. The molecule has 1 N–H and O–H groups in total. The molecule has 116 valence electrons. The Morgan fingerprint density at radius 3 is 2.62 bits per heavy atom. The smallest absolute Gasteiger partial charge is 0.0399 e. The number of aryl methyl sites for hydroxylation is 1. The van der Waals surface area contributed by atoms with Crippen molar-refractivity contribution < 1.29 is 0 Å². The minimum absolute atomic E-state index is 0.728. The molecule has 0 spiro atoms. The zero-order valence-electron chi connectivity index (χ0n) is 13.6. The van der Waals surface area contributed by atoms with E-state index in [1.807, 2.05) is 0 Å². The Kier molecular flexibility index (Phi) is 4.81. The summed E-state index contributed by atoms with van der Waals surface area (Å²) in [6.07, 6.45) is 4.12. The Morgan fingerprint density at radius 2 is 1.90 bits per heavy atom. The van der Waals surface area contributed by atoms with E-state index in [4.69, 9.17) is 0 Å². The van der Waals surface area contributed by atoms with Crippen molar-refractivity contribution in [1.29, 1.82) is 0 Å². The number of hydrogen-bond acceptors (Lipinski definition) is 3. The van der Waals surface area contributed by atoms with Gasteiger partial charge in [-0.25, -0.2) is 0 Å². The van der Waals surface area contributed by atoms with Crippen LogP contribution in [0.2, 0.25) is 0 Å². The number of nitrogens with zero attached hydrogens (tertiary/aromatic N) is 2. The van der Waals surface area contributed by atoms with E-state index in [0.29, 0.717) is 0 Å². The third kappa shape index (κ3) is 3.58. The molecular weight excluding hydrogens is 258 g/mol. The van der Waals surface area contributed by atoms with Crippen LogP contribution in [0.3, 0.4) is 0 Å². The molecule has 3 rings (SSSR count). The molecule has 21 heavy (non-hydrogen) atoms. The number of rotatable bonds is 3. The number of hydrogen-bond donors (Lipinski definition) is 1. The highest BCUT2D eigenvalue weighted by Crippen LogP contribution is 2.24. The fourth-order valence-corrected chi connectivity index (χ4v) is 3.64. The summed E-state index contributed by atoms with van der Waals surface area (Å²) in [5.41, 5.74) is 4.28. The number of piperazine rings is 1. The van der Waals surface area contributed by atoms with Crippen molar-refractivity contribution in [3.05, 3.63) is 29.3 Å². The van der Waals surface area contributed by atoms with Crippen molar-refractivity contribution in [3.63, 3.8) is 0 Å². The molecule has 1 atom stereocenters. The average molecular weight is 287 g/mol. The lowest BCUT2D eigenvalue weighted by molar-refractivity contribution is 0.214. The van der Waals surface area contributed by atoms with E-state index in [9.17, 15) is 0 Å². The van der Waals surface area contributed by atoms with Crippen LogP contribution in [0.1, 0.15) is 30.4 Å². The van der Waals surface area contributed by atoms with Crippen LogP contribution in [0.5, 0.6) is 0 Å². The number of nitrogens with one attached hydrogen (secondary N) is 1. The van der Waals surface area contributed by atoms with E-state index in [0.717, 1.165) is 19.1 Å². The molecule has 2 fully saturated rings. The largest absolute Gasteiger partial charge is 0.369 e. The molecule has 1 aromatic carbocycles. The highest BCUT2D eigenvalue weighted by molar-refractivity contribution is 5.56. The van der Waals surface area contributed by atoms with E-state index < -0.39 is 0 Å². The molecule has 0 bridgehead atoms. The fraction of sp³-hybridized carbons (Fsp3) is 0.667. The van der Waals surface area contributed by atoms with E-state index in [-0.39, 0.29) is 0 Å². The summed E-state index contributed by atoms with van der Waals surface area (Å²) in [5.74, 6) is 0. The molecule has 0 saturated carbocycles. The second-order valence-electron chi connectivity index (χ2n) is 6.65. The summed E-state index contributed by atoms with van der Waals surface area (Å²) in [7, 11) is 0. The Morgan fingerprint density at radius 1 is 1.10 bits per heavy atom. The quantitative estimate of drug-likeness (QED) is 0.922. The van der Waals surface area contributed by atoms with Crippen molar-refractivity contribution in [2.75, 3.05) is 44.2 Å². The third-order valence-electron chi connectivity index (χ3n) is 5.18. The first kappa shape index (κ1) is 14.9. The predicted molar refractivity (Wildman–Crippen MR) is 90.2 cm³/mol. The van der Waals surface area contributed by atoms with Crippen molar-refractivity contribution in [2.24, 2.45) is 0 Å². The zero-order chi connectivity index (χ0) is 14.7. The number of piperidine rings is 1. The van der Waals surface area contributed by atoms with Gasteiger partial charge >= 0.3 is 0 Å². The van der Waals surface area contributed by atoms with E-state index in [1.165, 1.54) is 62.3 Å². The Bertz CT molecular complexity index is 458. The molecular formula is C18H29N3. The van der Waals surface area contributed by atoms with Gasteiger partial charge in [0.05, 0.1) is 0 Å². The maximum absolute atomic E-state index is 3.67. The second-order valence-corrected chi connectivity index (χ2v) is 6.65. The summed E-state index contributed by atoms with van der Waals surface area (Å²) >= 11 is 0. The molecule has 3 heteroatoms. The van der Waals surface area contributed by atoms with Gasteiger partial charge in [-0.3, -0.25) is 4.90 Å². The van der Waals surface area contributed by atoms with Gasteiger partial charge in [0.2, 0.25) is 0 Å². The number of anilines is 1. The van der Waals surface area contributed by atoms with Gasteiger partial charge in [0.25, 0.3) is 0 Å². The first-order valence-corrected chi connectivity index (χ1v) is 8.51. The minimum Gasteiger partial charge on any atom is -0.369 e. The lowest BCUT2D eigenvalue weighted by atomic mass is 10.0. The highest BCUT2D eigenvalue weighted by atomic mass is 15.3. The molecule has 2 aliphatic heterocycles. The van der Waals surface area contributed by atoms with E-state index >= 15 is 0 Å². The first-order chi connectivity index (χ1) is 10.2. The normalized spacial score (nSPS) is 24.3. The van der Waals surface area contributed by atoms with Crippen LogP contribution in [-0.2, 0) is 0 Å². The molecule has 2 heterocycles. The molecule has 0 radical (unpaired) electrons. The van der Waals surface area contributed by atoms with Crippen LogP contribution in [0, 0.1) is 13.8 Å². The highest BCUT2D eigenvalue weighted by Gasteiger charge is 2.22. The molecule has 0 amide bonds. The van der Waals surface area contributed by atoms with Crippen LogP contribution < -0.4 is 10.2 Å². The molecule has 0 aromatic heterocycles. The Hall–Kier alpha value is -1.06. The van der Waals surface area contributed by atoms with Gasteiger partial charge in [0, 0.05) is 44.5 Å². The van der Waals surface area contributed by atoms with Crippen molar-refractivity contribution in [1.82, 2.24) is 10.2 Å². The summed E-state index contributed by atoms with van der Waals surface area (Å²) < 4.78 is 0. The van der Waals surface area contributed by atoms with E-state index in [1.54, 1.807) is 0 Å². The van der Waals surface area contributed by atoms with Gasteiger partial charge in [-0.15, -0.1) is 0 Å². The van der Waals surface area contributed by atoms with Gasteiger partial charge in [0.15, 0.2) is 0 Å². The maximum atomic E-state index is 3.67. The first-order valence-electron chi connectivity index (χ1n) is 8.51. The van der Waals surface area contributed by atoms with Crippen molar-refractivity contribution in [2.45, 2.75) is 39.2 Å². The minimum atomic E-state index is 0.728. The summed E-state index contributed by atoms with van der Waals surface area (Å²) in [6.45, 7) is 11.6. The summed E-state index contributed by atoms with van der Waals surface area (Å²) in [6, 6.07) is 7.41. The van der Waals surface area contributed by atoms with Gasteiger partial charge in [-0.1, -0.05) is 18.6 Å². The van der Waals surface area contributed by atoms with Crippen LogP contribution in [-0.4, -0.2) is 50.2 Å². The van der Waals surface area contributed by atoms with Crippen LogP contribution in [0.4, 0.5) is 5.69 Å².